The number of hydrogen-bond acceptors (Lipinski definition) is 4. The number of carbonyl (C=O) groups is 2. The van der Waals surface area contributed by atoms with Crippen LogP contribution >= 0.6 is 0 Å². The Balaban J connectivity index is 1.93. The molecule has 1 aromatic rings. The van der Waals surface area contributed by atoms with E-state index in [2.05, 4.69) is 22.5 Å². The second-order valence-electron chi connectivity index (χ2n) is 7.28. The number of benzene rings is 1. The van der Waals surface area contributed by atoms with Gasteiger partial charge >= 0.3 is 12.0 Å². The largest absolute Gasteiger partial charge is 0.466 e. The van der Waals surface area contributed by atoms with Crippen LogP contribution in [-0.2, 0) is 9.53 Å². The van der Waals surface area contributed by atoms with E-state index in [1.54, 1.807) is 0 Å². The van der Waals surface area contributed by atoms with Crippen LogP contribution in [0.5, 0.6) is 0 Å². The molecule has 0 bridgehead atoms. The second kappa shape index (κ2) is 7.91. The smallest absolute Gasteiger partial charge is 0.338 e. The molecular formula is C20H27N3O3. The summed E-state index contributed by atoms with van der Waals surface area (Å²) < 4.78 is 5.03. The van der Waals surface area contributed by atoms with Crippen LogP contribution in [0, 0.1) is 12.8 Å². The molecule has 3 rings (SSSR count). The summed E-state index contributed by atoms with van der Waals surface area (Å²) in [5.41, 5.74) is 3.12. The Hall–Kier alpha value is -2.34. The van der Waals surface area contributed by atoms with E-state index in [1.165, 1.54) is 7.11 Å². The minimum atomic E-state index is -0.504. The van der Waals surface area contributed by atoms with Gasteiger partial charge < -0.3 is 15.4 Å². The first-order valence-electron chi connectivity index (χ1n) is 9.15. The number of methoxy groups -OCH3 is 1. The molecule has 0 unspecified atom stereocenters. The molecule has 0 spiro atoms. The van der Waals surface area contributed by atoms with Crippen LogP contribution in [0.2, 0.25) is 0 Å². The number of hydrogen-bond donors (Lipinski definition) is 2. The molecule has 0 aromatic heterocycles. The fourth-order valence-corrected chi connectivity index (χ4v) is 3.55. The van der Waals surface area contributed by atoms with E-state index in [9.17, 15) is 9.59 Å². The molecule has 2 N–H and O–H groups in total. The lowest BCUT2D eigenvalue weighted by atomic mass is 9.93. The van der Waals surface area contributed by atoms with Crippen molar-refractivity contribution in [1.82, 2.24) is 15.5 Å². The molecule has 2 aliphatic heterocycles. The maximum Gasteiger partial charge on any atom is 0.338 e. The van der Waals surface area contributed by atoms with Crippen molar-refractivity contribution in [3.63, 3.8) is 0 Å². The zero-order valence-corrected chi connectivity index (χ0v) is 15.7. The van der Waals surface area contributed by atoms with Crippen LogP contribution < -0.4 is 10.6 Å². The highest BCUT2D eigenvalue weighted by Gasteiger charge is 2.34. The maximum atomic E-state index is 12.5. The third-order valence-electron chi connectivity index (χ3n) is 5.23. The topological polar surface area (TPSA) is 70.7 Å². The number of carbonyl (C=O) groups excluding carboxylic acids is 2. The quantitative estimate of drug-likeness (QED) is 0.813. The Morgan fingerprint density at radius 2 is 1.88 bits per heavy atom. The van der Waals surface area contributed by atoms with Gasteiger partial charge in [-0.25, -0.2) is 9.59 Å². The average molecular weight is 357 g/mol. The fraction of sp³-hybridized carbons (Fsp3) is 0.500. The summed E-state index contributed by atoms with van der Waals surface area (Å²) >= 11 is 0. The molecule has 26 heavy (non-hydrogen) atoms. The third-order valence-corrected chi connectivity index (χ3v) is 5.23. The highest BCUT2D eigenvalue weighted by Crippen LogP contribution is 2.29. The highest BCUT2D eigenvalue weighted by atomic mass is 16.5. The minimum absolute atomic E-state index is 0.288. The lowest BCUT2D eigenvalue weighted by molar-refractivity contribution is -0.136. The third kappa shape index (κ3) is 4.07. The summed E-state index contributed by atoms with van der Waals surface area (Å²) in [6.07, 6.45) is 2.27. The van der Waals surface area contributed by atoms with Crippen molar-refractivity contribution in [3.05, 3.63) is 46.7 Å². The van der Waals surface area contributed by atoms with Gasteiger partial charge in [0.05, 0.1) is 18.7 Å². The van der Waals surface area contributed by atoms with E-state index < -0.39 is 12.0 Å². The molecular weight excluding hydrogens is 330 g/mol. The summed E-state index contributed by atoms with van der Waals surface area (Å²) in [5, 5.41) is 5.70. The number of nitrogens with zero attached hydrogens (tertiary/aromatic N) is 1. The van der Waals surface area contributed by atoms with Crippen molar-refractivity contribution >= 4 is 12.0 Å². The number of aryl methyl sites for hydroxylation is 1. The van der Waals surface area contributed by atoms with Crippen molar-refractivity contribution in [2.24, 2.45) is 5.92 Å². The van der Waals surface area contributed by atoms with Gasteiger partial charge in [-0.1, -0.05) is 36.8 Å². The molecule has 0 saturated carbocycles. The first-order chi connectivity index (χ1) is 12.5. The molecule has 140 valence electrons. The Morgan fingerprint density at radius 1 is 1.23 bits per heavy atom. The average Bonchev–Trinajstić information content (AvgIpc) is 2.63. The lowest BCUT2D eigenvalue weighted by Gasteiger charge is -2.34. The second-order valence-corrected chi connectivity index (χ2v) is 7.28. The number of rotatable bonds is 4. The van der Waals surface area contributed by atoms with Gasteiger partial charge in [0.1, 0.15) is 0 Å². The zero-order chi connectivity index (χ0) is 18.7. The van der Waals surface area contributed by atoms with Gasteiger partial charge in [-0.05, 0) is 44.3 Å². The SMILES string of the molecule is COC(=O)C1=C(CN2CCC(C)CC2)NC(=O)N[C@@H]1c1ccc(C)cc1. The number of nitrogens with one attached hydrogen (secondary N) is 2. The Morgan fingerprint density at radius 3 is 2.50 bits per heavy atom. The number of urea groups is 1. The van der Waals surface area contributed by atoms with Crippen LogP contribution in [0.25, 0.3) is 0 Å². The van der Waals surface area contributed by atoms with Gasteiger partial charge in [-0.15, -0.1) is 0 Å². The Bertz CT molecular complexity index is 704. The molecule has 6 nitrogen and oxygen atoms in total. The summed E-state index contributed by atoms with van der Waals surface area (Å²) in [4.78, 5) is 27.1. The number of amides is 2. The first kappa shape index (κ1) is 18.5. The summed E-state index contributed by atoms with van der Waals surface area (Å²) in [6.45, 7) is 6.75. The standard InChI is InChI=1S/C20H27N3O3/c1-13-4-6-15(7-5-13)18-17(19(24)26-3)16(21-20(25)22-18)12-23-10-8-14(2)9-11-23/h4-7,14,18H,8-12H2,1-3H3,(H2,21,22,25)/t18-/m1/s1. The predicted octanol–water partition coefficient (Wildman–Crippen LogP) is 2.51. The van der Waals surface area contributed by atoms with Gasteiger partial charge in [0.15, 0.2) is 0 Å². The van der Waals surface area contributed by atoms with Crippen LogP contribution in [0.3, 0.4) is 0 Å². The van der Waals surface area contributed by atoms with Crippen molar-refractivity contribution in [3.8, 4) is 0 Å². The van der Waals surface area contributed by atoms with Crippen molar-refractivity contribution < 1.29 is 14.3 Å². The molecule has 1 atom stereocenters. The Kier molecular flexibility index (Phi) is 5.61. The van der Waals surface area contributed by atoms with E-state index in [0.717, 1.165) is 43.0 Å². The zero-order valence-electron chi connectivity index (χ0n) is 15.7. The molecule has 1 aromatic carbocycles. The predicted molar refractivity (Wildman–Crippen MR) is 99.5 cm³/mol. The molecule has 0 radical (unpaired) electrons. The normalized spacial score (nSPS) is 22.0. The van der Waals surface area contributed by atoms with Crippen LogP contribution in [0.4, 0.5) is 4.79 Å². The number of likely N-dealkylation sites (tertiary alicyclic amines) is 1. The Labute approximate surface area is 154 Å². The number of piperidine rings is 1. The van der Waals surface area contributed by atoms with Crippen LogP contribution in [0.1, 0.15) is 36.9 Å². The first-order valence-corrected chi connectivity index (χ1v) is 9.15. The summed E-state index contributed by atoms with van der Waals surface area (Å²) in [7, 11) is 1.37. The van der Waals surface area contributed by atoms with Crippen molar-refractivity contribution in [2.75, 3.05) is 26.7 Å². The summed E-state index contributed by atoms with van der Waals surface area (Å²) in [5.74, 6) is 0.312. The van der Waals surface area contributed by atoms with Gasteiger partial charge in [0.25, 0.3) is 0 Å². The number of ether oxygens (including phenoxy) is 1. The molecule has 1 saturated heterocycles. The van der Waals surface area contributed by atoms with E-state index in [1.807, 2.05) is 31.2 Å². The van der Waals surface area contributed by atoms with E-state index in [-0.39, 0.29) is 6.03 Å². The van der Waals surface area contributed by atoms with Crippen molar-refractivity contribution in [1.29, 1.82) is 0 Å². The van der Waals surface area contributed by atoms with Crippen molar-refractivity contribution in [2.45, 2.75) is 32.7 Å². The van der Waals surface area contributed by atoms with Gasteiger partial charge in [-0.2, -0.15) is 0 Å². The van der Waals surface area contributed by atoms with E-state index in [0.29, 0.717) is 17.8 Å². The molecule has 2 heterocycles. The highest BCUT2D eigenvalue weighted by molar-refractivity contribution is 5.95. The number of esters is 1. The lowest BCUT2D eigenvalue weighted by Crippen LogP contribution is -2.49. The minimum Gasteiger partial charge on any atom is -0.466 e. The molecule has 6 heteroatoms. The molecule has 2 aliphatic rings. The van der Waals surface area contributed by atoms with Gasteiger partial charge in [-0.3, -0.25) is 4.90 Å². The van der Waals surface area contributed by atoms with Gasteiger partial charge in [0, 0.05) is 12.2 Å². The van der Waals surface area contributed by atoms with E-state index in [4.69, 9.17) is 4.74 Å². The van der Waals surface area contributed by atoms with Crippen LogP contribution in [-0.4, -0.2) is 43.6 Å². The molecule has 0 aliphatic carbocycles. The fourth-order valence-electron chi connectivity index (χ4n) is 3.55. The van der Waals surface area contributed by atoms with Gasteiger partial charge in [0.2, 0.25) is 0 Å². The molecule has 2 amide bonds. The monoisotopic (exact) mass is 357 g/mol. The molecule has 1 fully saturated rings. The summed E-state index contributed by atoms with van der Waals surface area (Å²) in [6, 6.07) is 7.04. The van der Waals surface area contributed by atoms with Crippen LogP contribution in [0.15, 0.2) is 35.5 Å². The maximum absolute atomic E-state index is 12.5. The van der Waals surface area contributed by atoms with E-state index >= 15 is 0 Å².